The van der Waals surface area contributed by atoms with Crippen molar-refractivity contribution in [3.8, 4) is 0 Å². The molecule has 0 aromatic rings. The van der Waals surface area contributed by atoms with Crippen LogP contribution >= 0.6 is 0 Å². The molecule has 23 nitrogen and oxygen atoms in total. The molecule has 14 N–H and O–H groups in total. The second kappa shape index (κ2) is 42.4. The molecule has 0 aromatic heterocycles. The number of aliphatic carboxylic acids is 1. The van der Waals surface area contributed by atoms with Crippen LogP contribution in [0.2, 0.25) is 0 Å². The Bertz CT molecular complexity index is 1750. The van der Waals surface area contributed by atoms with Crippen LogP contribution in [0.5, 0.6) is 0 Å². The zero-order valence-electron chi connectivity index (χ0n) is 50.1. The summed E-state index contributed by atoms with van der Waals surface area (Å²) >= 11 is 0. The van der Waals surface area contributed by atoms with Crippen LogP contribution in [0.3, 0.4) is 0 Å². The Morgan fingerprint density at radius 2 is 1.12 bits per heavy atom. The van der Waals surface area contributed by atoms with Crippen LogP contribution < -0.4 is 10.6 Å². The Morgan fingerprint density at radius 3 is 1.61 bits per heavy atom. The number of allylic oxidation sites excluding steroid dienone is 1. The average molecular weight is 1200 g/mol. The van der Waals surface area contributed by atoms with Gasteiger partial charge < -0.3 is 100 Å². The summed E-state index contributed by atoms with van der Waals surface area (Å²) in [6.45, 7) is 2.52. The summed E-state index contributed by atoms with van der Waals surface area (Å²) in [5, 5.41) is 136. The first-order valence-corrected chi connectivity index (χ1v) is 31.6. The Kier molecular flexibility index (Phi) is 38.1. The first-order chi connectivity index (χ1) is 39.9. The van der Waals surface area contributed by atoms with Crippen molar-refractivity contribution in [2.75, 3.05) is 26.4 Å². The molecule has 0 unspecified atom stereocenters. The molecule has 3 aliphatic rings. The maximum atomic E-state index is 13.4. The quantitative estimate of drug-likeness (QED) is 0.0306. The lowest BCUT2D eigenvalue weighted by Crippen LogP contribution is -2.71. The molecule has 3 saturated heterocycles. The SMILES string of the molecule is CCCCCCCCCCCCC/C=C\[C@@H](O)[C@H](CO[C@@H]1O[C@H](CO)[C@@H](O[C@@H]2O[C@H](CO)[C@H](O)[C@H](O[C@]3(C(=O)O)C[C@H](O)[C@@H](NC(=O)CC)[C@H]([C@H](O)[C@H](O)CO)O3)[C@H]2O)[C@H](O)[C@H]1O)NC(=O)CCCCCCCCCCCCCCCCC. The molecule has 23 heteroatoms. The summed E-state index contributed by atoms with van der Waals surface area (Å²) in [6.07, 6.45) is 5.49. The fourth-order valence-corrected chi connectivity index (χ4v) is 11.0. The zero-order chi connectivity index (χ0) is 61.2. The number of hydrogen-bond acceptors (Lipinski definition) is 20. The molecule has 0 spiro atoms. The van der Waals surface area contributed by atoms with E-state index in [2.05, 4.69) is 24.5 Å². The van der Waals surface area contributed by atoms with Crippen molar-refractivity contribution in [1.82, 2.24) is 10.6 Å². The summed E-state index contributed by atoms with van der Waals surface area (Å²) in [5.74, 6) is -6.05. The van der Waals surface area contributed by atoms with Crippen LogP contribution in [0, 0.1) is 0 Å². The average Bonchev–Trinajstić information content (AvgIpc) is 3.19. The lowest BCUT2D eigenvalue weighted by Gasteiger charge is -2.50. The normalized spacial score (nSPS) is 30.0. The van der Waals surface area contributed by atoms with Crippen LogP contribution in [-0.4, -0.2) is 215 Å². The van der Waals surface area contributed by atoms with Gasteiger partial charge in [-0.3, -0.25) is 9.59 Å². The highest BCUT2D eigenvalue weighted by atomic mass is 16.8. The molecule has 3 heterocycles. The smallest absolute Gasteiger partial charge is 0.364 e. The second-order valence-corrected chi connectivity index (χ2v) is 23.1. The molecule has 0 radical (unpaired) electrons. The van der Waals surface area contributed by atoms with Crippen molar-refractivity contribution < 1.29 is 104 Å². The number of hydrogen-bond donors (Lipinski definition) is 14. The Labute approximate surface area is 492 Å². The summed E-state index contributed by atoms with van der Waals surface area (Å²) in [5.41, 5.74) is 0. The van der Waals surface area contributed by atoms with Crippen molar-refractivity contribution in [3.05, 3.63) is 12.2 Å². The Balaban J connectivity index is 1.67. The molecular formula is C60H110N2O21. The number of unbranched alkanes of at least 4 members (excludes halogenated alkanes) is 25. The van der Waals surface area contributed by atoms with Gasteiger partial charge in [0, 0.05) is 19.3 Å². The fourth-order valence-electron chi connectivity index (χ4n) is 11.0. The molecule has 3 aliphatic heterocycles. The van der Waals surface area contributed by atoms with Gasteiger partial charge in [0.2, 0.25) is 11.8 Å². The lowest BCUT2D eigenvalue weighted by atomic mass is 9.88. The van der Waals surface area contributed by atoms with Crippen LogP contribution in [-0.2, 0) is 42.8 Å². The number of aliphatic hydroxyl groups excluding tert-OH is 11. The van der Waals surface area contributed by atoms with E-state index in [4.69, 9.17) is 28.4 Å². The minimum Gasteiger partial charge on any atom is -0.477 e. The summed E-state index contributed by atoms with van der Waals surface area (Å²) in [4.78, 5) is 38.8. The molecule has 83 heavy (non-hydrogen) atoms. The largest absolute Gasteiger partial charge is 0.477 e. The van der Waals surface area contributed by atoms with E-state index in [-0.39, 0.29) is 18.7 Å². The number of carboxylic acid groups (broad SMARTS) is 1. The molecule has 0 bridgehead atoms. The van der Waals surface area contributed by atoms with Crippen molar-refractivity contribution >= 4 is 17.8 Å². The van der Waals surface area contributed by atoms with Gasteiger partial charge in [0.05, 0.1) is 50.7 Å². The molecular weight excluding hydrogens is 1080 g/mol. The van der Waals surface area contributed by atoms with Crippen LogP contribution in [0.4, 0.5) is 0 Å². The third kappa shape index (κ3) is 26.0. The van der Waals surface area contributed by atoms with E-state index in [0.717, 1.165) is 44.9 Å². The predicted octanol–water partition coefficient (Wildman–Crippen LogP) is 3.56. The predicted molar refractivity (Wildman–Crippen MR) is 306 cm³/mol. The first kappa shape index (κ1) is 74.7. The third-order valence-corrected chi connectivity index (χ3v) is 16.2. The molecule has 3 rings (SSSR count). The van der Waals surface area contributed by atoms with Crippen LogP contribution in [0.25, 0.3) is 0 Å². The molecule has 18 atom stereocenters. The van der Waals surface area contributed by atoms with E-state index < -0.39 is 155 Å². The highest BCUT2D eigenvalue weighted by molar-refractivity contribution is 5.77. The minimum absolute atomic E-state index is 0.122. The maximum absolute atomic E-state index is 13.4. The number of carbonyl (C=O) groups is 3. The molecule has 3 fully saturated rings. The van der Waals surface area contributed by atoms with Gasteiger partial charge in [-0.15, -0.1) is 0 Å². The molecule has 2 amide bonds. The fraction of sp³-hybridized carbons (Fsp3) is 0.917. The standard InChI is InChI=1S/C60H110N2O21/c1-4-7-9-11-13-15-17-19-20-22-24-26-28-30-32-34-47(70)61-40(41(66)33-31-29-27-25-23-21-18-16-14-12-10-8-5-2)39-78-57-52(74)51(73)54(45(38-65)80-57)81-58-53(75)56(50(72)44(37-64)79-58)83-60(59(76)77)35-42(67)48(62-46(69)6-3)55(82-60)49(71)43(68)36-63/h31,33,40-45,48-58,63-68,71-75H,4-30,32,34-39H2,1-3H3,(H,61,70)(H,62,69)(H,76,77)/b33-31-/t40-,41+,42-,43+,44+,45+,48+,49+,50-,51+,52+,53+,54+,55+,56-,57+,58-,60-/m0/s1. The summed E-state index contributed by atoms with van der Waals surface area (Å²) in [6, 6.07) is -2.61. The highest BCUT2D eigenvalue weighted by Gasteiger charge is 2.60. The van der Waals surface area contributed by atoms with Gasteiger partial charge in [-0.1, -0.05) is 187 Å². The Morgan fingerprint density at radius 1 is 0.614 bits per heavy atom. The van der Waals surface area contributed by atoms with E-state index >= 15 is 0 Å². The van der Waals surface area contributed by atoms with Gasteiger partial charge in [0.1, 0.15) is 67.1 Å². The number of carboxylic acids is 1. The second-order valence-electron chi connectivity index (χ2n) is 23.1. The highest BCUT2D eigenvalue weighted by Crippen LogP contribution is 2.38. The minimum atomic E-state index is -3.08. The number of nitrogens with one attached hydrogen (secondary N) is 2. The number of rotatable bonds is 46. The van der Waals surface area contributed by atoms with E-state index in [0.29, 0.717) is 12.8 Å². The number of aliphatic hydroxyl groups is 11. The van der Waals surface area contributed by atoms with Crippen molar-refractivity contribution in [3.63, 3.8) is 0 Å². The van der Waals surface area contributed by atoms with Gasteiger partial charge in [0.15, 0.2) is 12.6 Å². The molecule has 0 aromatic carbocycles. The van der Waals surface area contributed by atoms with Crippen molar-refractivity contribution in [2.24, 2.45) is 0 Å². The first-order valence-electron chi connectivity index (χ1n) is 31.6. The van der Waals surface area contributed by atoms with Gasteiger partial charge in [-0.2, -0.15) is 0 Å². The van der Waals surface area contributed by atoms with Crippen molar-refractivity contribution in [2.45, 2.75) is 323 Å². The van der Waals surface area contributed by atoms with Crippen molar-refractivity contribution in [1.29, 1.82) is 0 Å². The van der Waals surface area contributed by atoms with Gasteiger partial charge in [-0.25, -0.2) is 4.79 Å². The molecule has 0 saturated carbocycles. The van der Waals surface area contributed by atoms with E-state index in [1.165, 1.54) is 122 Å². The maximum Gasteiger partial charge on any atom is 0.364 e. The molecule has 486 valence electrons. The third-order valence-electron chi connectivity index (χ3n) is 16.2. The topological polar surface area (TPSA) is 373 Å². The molecule has 0 aliphatic carbocycles. The summed E-state index contributed by atoms with van der Waals surface area (Å²) in [7, 11) is 0. The Hall–Kier alpha value is -2.53. The van der Waals surface area contributed by atoms with Crippen LogP contribution in [0.1, 0.15) is 213 Å². The van der Waals surface area contributed by atoms with E-state index in [9.17, 15) is 75.7 Å². The summed E-state index contributed by atoms with van der Waals surface area (Å²) < 4.78 is 34.8. The number of carbonyl (C=O) groups excluding carboxylic acids is 2. The number of amides is 2. The number of ether oxygens (including phenoxy) is 6. The van der Waals surface area contributed by atoms with E-state index in [1.807, 2.05) is 6.08 Å². The van der Waals surface area contributed by atoms with Gasteiger partial charge in [0.25, 0.3) is 5.79 Å². The monoisotopic (exact) mass is 1190 g/mol. The van der Waals surface area contributed by atoms with E-state index in [1.54, 1.807) is 6.08 Å². The zero-order valence-corrected chi connectivity index (χ0v) is 50.1. The van der Waals surface area contributed by atoms with Gasteiger partial charge in [-0.05, 0) is 19.3 Å². The van der Waals surface area contributed by atoms with Crippen LogP contribution in [0.15, 0.2) is 12.2 Å². The lowest BCUT2D eigenvalue weighted by molar-refractivity contribution is -0.386. The van der Waals surface area contributed by atoms with Gasteiger partial charge >= 0.3 is 5.97 Å².